The number of nitrogens with zero attached hydrogens (tertiary/aromatic N) is 1. The van der Waals surface area contributed by atoms with Crippen LogP contribution in [0.4, 0.5) is 11.4 Å². The molecule has 0 aliphatic heterocycles. The zero-order valence-corrected chi connectivity index (χ0v) is 15.6. The smallest absolute Gasteiger partial charge is 0.271 e. The molecule has 140 valence electrons. The first kappa shape index (κ1) is 20.1. The fraction of sp³-hybridized carbons (Fsp3) is 0.158. The molecule has 0 spiro atoms. The van der Waals surface area contributed by atoms with Gasteiger partial charge in [-0.05, 0) is 55.5 Å². The molecule has 0 aromatic heterocycles. The van der Waals surface area contributed by atoms with E-state index >= 15 is 0 Å². The second kappa shape index (κ2) is 9.49. The van der Waals surface area contributed by atoms with Gasteiger partial charge in [-0.15, -0.1) is 0 Å². The standard InChI is InChI=1S/C19H19ClN4O3/c1-12(11-18(26)22-17-9-5-15(20)6-10-17)23-24-19(27)14-3-7-16(8-4-14)21-13(2)25/h3-10H,11H2,1-2H3,(H,21,25)(H,22,26)(H,24,27)/b23-12-. The zero-order chi connectivity index (χ0) is 19.8. The lowest BCUT2D eigenvalue weighted by molar-refractivity contribution is -0.115. The lowest BCUT2D eigenvalue weighted by Gasteiger charge is -2.06. The van der Waals surface area contributed by atoms with E-state index in [1.165, 1.54) is 6.92 Å². The van der Waals surface area contributed by atoms with Gasteiger partial charge in [-0.2, -0.15) is 5.10 Å². The molecule has 0 fully saturated rings. The highest BCUT2D eigenvalue weighted by Crippen LogP contribution is 2.13. The van der Waals surface area contributed by atoms with Crippen LogP contribution in [-0.2, 0) is 9.59 Å². The Bertz CT molecular complexity index is 862. The summed E-state index contributed by atoms with van der Waals surface area (Å²) in [6.45, 7) is 3.04. The maximum atomic E-state index is 12.1. The first-order chi connectivity index (χ1) is 12.8. The molecule has 2 aromatic carbocycles. The Hall–Kier alpha value is -3.19. The molecular weight excluding hydrogens is 368 g/mol. The molecule has 0 bridgehead atoms. The maximum Gasteiger partial charge on any atom is 0.271 e. The van der Waals surface area contributed by atoms with Gasteiger partial charge in [0.05, 0.1) is 6.42 Å². The van der Waals surface area contributed by atoms with Gasteiger partial charge in [0.25, 0.3) is 5.91 Å². The Morgan fingerprint density at radius 1 is 0.889 bits per heavy atom. The van der Waals surface area contributed by atoms with Crippen LogP contribution >= 0.6 is 11.6 Å². The molecule has 27 heavy (non-hydrogen) atoms. The fourth-order valence-corrected chi connectivity index (χ4v) is 2.26. The van der Waals surface area contributed by atoms with Gasteiger partial charge >= 0.3 is 0 Å². The van der Waals surface area contributed by atoms with Crippen molar-refractivity contribution in [1.29, 1.82) is 0 Å². The molecule has 2 rings (SSSR count). The number of carbonyl (C=O) groups is 3. The third kappa shape index (κ3) is 6.91. The van der Waals surface area contributed by atoms with Crippen LogP contribution < -0.4 is 16.1 Å². The van der Waals surface area contributed by atoms with Gasteiger partial charge in [0.2, 0.25) is 11.8 Å². The quantitative estimate of drug-likeness (QED) is 0.523. The average Bonchev–Trinajstić information content (AvgIpc) is 2.61. The molecule has 0 aliphatic carbocycles. The summed E-state index contributed by atoms with van der Waals surface area (Å²) in [5.74, 6) is -0.862. The Morgan fingerprint density at radius 2 is 1.44 bits per heavy atom. The number of halogens is 1. The van der Waals surface area contributed by atoms with Crippen LogP contribution in [0.1, 0.15) is 30.6 Å². The number of amides is 3. The Kier molecular flexibility index (Phi) is 7.08. The molecule has 0 atom stereocenters. The van der Waals surface area contributed by atoms with Gasteiger partial charge in [-0.3, -0.25) is 14.4 Å². The van der Waals surface area contributed by atoms with Crippen molar-refractivity contribution >= 4 is 46.4 Å². The zero-order valence-electron chi connectivity index (χ0n) is 14.9. The van der Waals surface area contributed by atoms with Crippen LogP contribution in [0.2, 0.25) is 5.02 Å². The summed E-state index contributed by atoms with van der Waals surface area (Å²) in [6.07, 6.45) is 0.0321. The number of hydrogen-bond acceptors (Lipinski definition) is 4. The summed E-state index contributed by atoms with van der Waals surface area (Å²) in [6, 6.07) is 13.1. The Morgan fingerprint density at radius 3 is 2.04 bits per heavy atom. The fourth-order valence-electron chi connectivity index (χ4n) is 2.13. The van der Waals surface area contributed by atoms with Gasteiger partial charge in [0.15, 0.2) is 0 Å². The average molecular weight is 387 g/mol. The van der Waals surface area contributed by atoms with Crippen LogP contribution in [0, 0.1) is 0 Å². The van der Waals surface area contributed by atoms with E-state index < -0.39 is 5.91 Å². The van der Waals surface area contributed by atoms with E-state index in [-0.39, 0.29) is 18.2 Å². The molecule has 3 amide bonds. The van der Waals surface area contributed by atoms with Gasteiger partial charge in [-0.25, -0.2) is 5.43 Å². The van der Waals surface area contributed by atoms with Crippen molar-refractivity contribution < 1.29 is 14.4 Å². The van der Waals surface area contributed by atoms with Crippen molar-refractivity contribution in [1.82, 2.24) is 5.43 Å². The van der Waals surface area contributed by atoms with Crippen molar-refractivity contribution in [3.05, 3.63) is 59.1 Å². The summed E-state index contributed by atoms with van der Waals surface area (Å²) in [5, 5.41) is 9.85. The minimum absolute atomic E-state index is 0.0321. The van der Waals surface area contributed by atoms with E-state index in [2.05, 4.69) is 21.2 Å². The molecule has 2 aromatic rings. The molecule has 3 N–H and O–H groups in total. The highest BCUT2D eigenvalue weighted by Gasteiger charge is 2.07. The van der Waals surface area contributed by atoms with Crippen molar-refractivity contribution in [2.24, 2.45) is 5.10 Å². The summed E-state index contributed by atoms with van der Waals surface area (Å²) < 4.78 is 0. The lowest BCUT2D eigenvalue weighted by atomic mass is 10.2. The first-order valence-electron chi connectivity index (χ1n) is 8.10. The number of hydrazone groups is 1. The number of nitrogens with one attached hydrogen (secondary N) is 3. The number of anilines is 2. The predicted molar refractivity (Wildman–Crippen MR) is 106 cm³/mol. The van der Waals surface area contributed by atoms with Crippen LogP contribution in [0.5, 0.6) is 0 Å². The highest BCUT2D eigenvalue weighted by atomic mass is 35.5. The van der Waals surface area contributed by atoms with Gasteiger partial charge in [-0.1, -0.05) is 11.6 Å². The van der Waals surface area contributed by atoms with Crippen molar-refractivity contribution in [3.8, 4) is 0 Å². The molecule has 8 heteroatoms. The van der Waals surface area contributed by atoms with Crippen LogP contribution in [0.3, 0.4) is 0 Å². The largest absolute Gasteiger partial charge is 0.326 e. The number of benzene rings is 2. The Labute approximate surface area is 161 Å². The van der Waals surface area contributed by atoms with E-state index in [9.17, 15) is 14.4 Å². The topological polar surface area (TPSA) is 99.7 Å². The second-order valence-corrected chi connectivity index (χ2v) is 6.21. The monoisotopic (exact) mass is 386 g/mol. The molecule has 0 unspecified atom stereocenters. The summed E-state index contributed by atoms with van der Waals surface area (Å²) in [4.78, 5) is 35.0. The normalized spacial score (nSPS) is 10.9. The lowest BCUT2D eigenvalue weighted by Crippen LogP contribution is -2.21. The van der Waals surface area contributed by atoms with Crippen molar-refractivity contribution in [3.63, 3.8) is 0 Å². The van der Waals surface area contributed by atoms with Crippen molar-refractivity contribution in [2.75, 3.05) is 10.6 Å². The van der Waals surface area contributed by atoms with Crippen LogP contribution in [0.25, 0.3) is 0 Å². The minimum Gasteiger partial charge on any atom is -0.326 e. The van der Waals surface area contributed by atoms with Gasteiger partial charge in [0.1, 0.15) is 0 Å². The summed E-state index contributed by atoms with van der Waals surface area (Å²) >= 11 is 5.79. The number of hydrogen-bond donors (Lipinski definition) is 3. The molecular formula is C19H19ClN4O3. The van der Waals surface area contributed by atoms with Crippen molar-refractivity contribution in [2.45, 2.75) is 20.3 Å². The van der Waals surface area contributed by atoms with E-state index in [4.69, 9.17) is 11.6 Å². The molecule has 0 radical (unpaired) electrons. The van der Waals surface area contributed by atoms with Crippen LogP contribution in [-0.4, -0.2) is 23.4 Å². The van der Waals surface area contributed by atoms with E-state index in [0.29, 0.717) is 27.7 Å². The molecule has 0 saturated carbocycles. The summed E-state index contributed by atoms with van der Waals surface area (Å²) in [5.41, 5.74) is 4.45. The third-order valence-corrected chi connectivity index (χ3v) is 3.61. The third-order valence-electron chi connectivity index (χ3n) is 3.36. The minimum atomic E-state index is -0.415. The first-order valence-corrected chi connectivity index (χ1v) is 8.48. The van der Waals surface area contributed by atoms with Gasteiger partial charge in [0, 0.05) is 34.6 Å². The number of rotatable bonds is 6. The van der Waals surface area contributed by atoms with E-state index in [1.807, 2.05) is 0 Å². The maximum absolute atomic E-state index is 12.1. The van der Waals surface area contributed by atoms with Gasteiger partial charge < -0.3 is 10.6 Å². The SMILES string of the molecule is CC(=O)Nc1ccc(C(=O)N/N=C(/C)CC(=O)Nc2ccc(Cl)cc2)cc1. The molecule has 7 nitrogen and oxygen atoms in total. The van der Waals surface area contributed by atoms with E-state index in [1.54, 1.807) is 55.5 Å². The number of carbonyl (C=O) groups excluding carboxylic acids is 3. The molecule has 0 heterocycles. The Balaban J connectivity index is 1.86. The molecule has 0 saturated heterocycles. The second-order valence-electron chi connectivity index (χ2n) is 5.78. The highest BCUT2D eigenvalue weighted by molar-refractivity contribution is 6.30. The predicted octanol–water partition coefficient (Wildman–Crippen LogP) is 3.43. The van der Waals surface area contributed by atoms with E-state index in [0.717, 1.165) is 0 Å². The molecule has 0 aliphatic rings. The summed E-state index contributed by atoms with van der Waals surface area (Å²) in [7, 11) is 0. The van der Waals surface area contributed by atoms with Crippen LogP contribution in [0.15, 0.2) is 53.6 Å².